The van der Waals surface area contributed by atoms with Gasteiger partial charge in [0.15, 0.2) is 0 Å². The van der Waals surface area contributed by atoms with E-state index in [0.717, 1.165) is 6.42 Å². The van der Waals surface area contributed by atoms with Crippen molar-refractivity contribution in [3.05, 3.63) is 42.0 Å². The van der Waals surface area contributed by atoms with E-state index in [-0.39, 0.29) is 5.91 Å². The fraction of sp³-hybridized carbons (Fsp3) is 0.278. The lowest BCUT2D eigenvalue weighted by Gasteiger charge is -2.11. The number of carbonyl (C=O) groups is 1. The molecule has 128 valence electrons. The minimum Gasteiger partial charge on any atom is -0.497 e. The molecule has 3 N–H and O–H groups in total. The lowest BCUT2D eigenvalue weighted by atomic mass is 10.1. The van der Waals surface area contributed by atoms with Crippen LogP contribution in [-0.4, -0.2) is 26.7 Å². The van der Waals surface area contributed by atoms with Crippen molar-refractivity contribution in [2.24, 2.45) is 0 Å². The van der Waals surface area contributed by atoms with Gasteiger partial charge in [-0.3, -0.25) is 4.79 Å². The molecule has 2 aromatic rings. The Labute approximate surface area is 141 Å². The highest BCUT2D eigenvalue weighted by Crippen LogP contribution is 2.27. The van der Waals surface area contributed by atoms with E-state index in [2.05, 4.69) is 5.32 Å². The largest absolute Gasteiger partial charge is 0.497 e. The van der Waals surface area contributed by atoms with E-state index < -0.39 is 0 Å². The van der Waals surface area contributed by atoms with Crippen LogP contribution in [0.1, 0.15) is 23.7 Å². The van der Waals surface area contributed by atoms with Crippen molar-refractivity contribution in [1.29, 1.82) is 0 Å². The summed E-state index contributed by atoms with van der Waals surface area (Å²) in [6.07, 6.45) is 0.888. The molecular weight excluding hydrogens is 308 g/mol. The Balaban J connectivity index is 2.16. The number of benzene rings is 2. The molecule has 1 amide bonds. The Bertz CT molecular complexity index is 694. The molecule has 0 saturated heterocycles. The van der Waals surface area contributed by atoms with Crippen molar-refractivity contribution in [1.82, 2.24) is 0 Å². The third-order valence-corrected chi connectivity index (χ3v) is 3.34. The fourth-order valence-electron chi connectivity index (χ4n) is 2.12. The highest BCUT2D eigenvalue weighted by Gasteiger charge is 2.11. The molecule has 24 heavy (non-hydrogen) atoms. The number of carbonyl (C=O) groups excluding carboxylic acids is 1. The minimum absolute atomic E-state index is 0.279. The molecule has 6 heteroatoms. The van der Waals surface area contributed by atoms with Crippen molar-refractivity contribution < 1.29 is 19.0 Å². The molecular formula is C18H22N2O4. The first kappa shape index (κ1) is 17.5. The number of nitrogens with one attached hydrogen (secondary N) is 1. The fourth-order valence-corrected chi connectivity index (χ4v) is 2.12. The monoisotopic (exact) mass is 330 g/mol. The van der Waals surface area contributed by atoms with Crippen LogP contribution in [-0.2, 0) is 0 Å². The summed E-state index contributed by atoms with van der Waals surface area (Å²) in [6.45, 7) is 2.60. The van der Waals surface area contributed by atoms with Gasteiger partial charge in [-0.15, -0.1) is 0 Å². The SMILES string of the molecule is CCCOc1ccc(C(=O)Nc2cc(OC)cc(OC)c2)cc1N. The summed E-state index contributed by atoms with van der Waals surface area (Å²) in [5.41, 5.74) is 7.38. The maximum absolute atomic E-state index is 12.4. The predicted molar refractivity (Wildman–Crippen MR) is 94.1 cm³/mol. The minimum atomic E-state index is -0.279. The summed E-state index contributed by atoms with van der Waals surface area (Å²) in [5, 5.41) is 2.80. The second-order valence-corrected chi connectivity index (χ2v) is 5.16. The lowest BCUT2D eigenvalue weighted by molar-refractivity contribution is 0.102. The average Bonchev–Trinajstić information content (AvgIpc) is 2.60. The van der Waals surface area contributed by atoms with Gasteiger partial charge in [0.25, 0.3) is 5.91 Å². The molecule has 0 aliphatic heterocycles. The number of hydrogen-bond acceptors (Lipinski definition) is 5. The molecule has 0 aromatic heterocycles. The van der Waals surface area contributed by atoms with Gasteiger partial charge in [-0.1, -0.05) is 6.92 Å². The molecule has 0 bridgehead atoms. The molecule has 0 aliphatic rings. The molecule has 0 radical (unpaired) electrons. The summed E-state index contributed by atoms with van der Waals surface area (Å²) < 4.78 is 15.9. The molecule has 0 spiro atoms. The third kappa shape index (κ3) is 4.32. The third-order valence-electron chi connectivity index (χ3n) is 3.34. The van der Waals surface area contributed by atoms with Crippen LogP contribution < -0.4 is 25.3 Å². The predicted octanol–water partition coefficient (Wildman–Crippen LogP) is 3.33. The summed E-state index contributed by atoms with van der Waals surface area (Å²) in [6, 6.07) is 10.1. The van der Waals surface area contributed by atoms with Crippen molar-refractivity contribution in [3.63, 3.8) is 0 Å². The van der Waals surface area contributed by atoms with Gasteiger partial charge in [0, 0.05) is 29.4 Å². The van der Waals surface area contributed by atoms with Crippen molar-refractivity contribution in [2.45, 2.75) is 13.3 Å². The highest BCUT2D eigenvalue weighted by atomic mass is 16.5. The molecule has 0 heterocycles. The molecule has 2 rings (SSSR count). The number of amides is 1. The molecule has 6 nitrogen and oxygen atoms in total. The Kier molecular flexibility index (Phi) is 5.89. The van der Waals surface area contributed by atoms with E-state index in [1.165, 1.54) is 0 Å². The number of ether oxygens (including phenoxy) is 3. The van der Waals surface area contributed by atoms with Crippen molar-refractivity contribution in [2.75, 3.05) is 31.9 Å². The normalized spacial score (nSPS) is 10.1. The number of methoxy groups -OCH3 is 2. The first-order valence-corrected chi connectivity index (χ1v) is 7.64. The first-order valence-electron chi connectivity index (χ1n) is 7.64. The number of nitrogen functional groups attached to an aromatic ring is 1. The smallest absolute Gasteiger partial charge is 0.255 e. The summed E-state index contributed by atoms with van der Waals surface area (Å²) >= 11 is 0. The van der Waals surface area contributed by atoms with Crippen LogP contribution in [0.3, 0.4) is 0 Å². The Morgan fingerprint density at radius 3 is 2.29 bits per heavy atom. The van der Waals surface area contributed by atoms with Crippen LogP contribution in [0.4, 0.5) is 11.4 Å². The van der Waals surface area contributed by atoms with Gasteiger partial charge in [-0.25, -0.2) is 0 Å². The van der Waals surface area contributed by atoms with Crippen LogP contribution in [0.5, 0.6) is 17.2 Å². The lowest BCUT2D eigenvalue weighted by Crippen LogP contribution is -2.12. The molecule has 0 fully saturated rings. The van der Waals surface area contributed by atoms with Crippen LogP contribution >= 0.6 is 0 Å². The number of nitrogens with two attached hydrogens (primary N) is 1. The van der Waals surface area contributed by atoms with E-state index in [4.69, 9.17) is 19.9 Å². The highest BCUT2D eigenvalue weighted by molar-refractivity contribution is 6.05. The first-order chi connectivity index (χ1) is 11.6. The maximum Gasteiger partial charge on any atom is 0.255 e. The zero-order valence-corrected chi connectivity index (χ0v) is 14.1. The van der Waals surface area contributed by atoms with Gasteiger partial charge < -0.3 is 25.3 Å². The second-order valence-electron chi connectivity index (χ2n) is 5.16. The number of anilines is 2. The second kappa shape index (κ2) is 8.10. The molecule has 0 aliphatic carbocycles. The van der Waals surface area contributed by atoms with Gasteiger partial charge in [0.1, 0.15) is 17.2 Å². The van der Waals surface area contributed by atoms with Gasteiger partial charge in [-0.05, 0) is 24.6 Å². The van der Waals surface area contributed by atoms with Crippen LogP contribution in [0.15, 0.2) is 36.4 Å². The summed E-state index contributed by atoms with van der Waals surface area (Å²) in [5.74, 6) is 1.48. The van der Waals surface area contributed by atoms with Crippen molar-refractivity contribution in [3.8, 4) is 17.2 Å². The van der Waals surface area contributed by atoms with Crippen molar-refractivity contribution >= 4 is 17.3 Å². The zero-order valence-electron chi connectivity index (χ0n) is 14.1. The molecule has 0 unspecified atom stereocenters. The van der Waals surface area contributed by atoms with Gasteiger partial charge in [0.05, 0.1) is 26.5 Å². The zero-order chi connectivity index (χ0) is 17.5. The van der Waals surface area contributed by atoms with Gasteiger partial charge in [-0.2, -0.15) is 0 Å². The van der Waals surface area contributed by atoms with Crippen LogP contribution in [0.25, 0.3) is 0 Å². The molecule has 0 atom stereocenters. The topological polar surface area (TPSA) is 82.8 Å². The van der Waals surface area contributed by atoms with E-state index in [9.17, 15) is 4.79 Å². The molecule has 2 aromatic carbocycles. The van der Waals surface area contributed by atoms with Gasteiger partial charge >= 0.3 is 0 Å². The summed E-state index contributed by atoms with van der Waals surface area (Å²) in [4.78, 5) is 12.4. The van der Waals surface area contributed by atoms with Gasteiger partial charge in [0.2, 0.25) is 0 Å². The summed E-state index contributed by atoms with van der Waals surface area (Å²) in [7, 11) is 3.10. The Morgan fingerprint density at radius 1 is 1.08 bits per heavy atom. The standard InChI is InChI=1S/C18H22N2O4/c1-4-7-24-17-6-5-12(8-16(17)19)18(21)20-13-9-14(22-2)11-15(10-13)23-3/h5-6,8-11H,4,7,19H2,1-3H3,(H,20,21). The Hall–Kier alpha value is -2.89. The van der Waals surface area contributed by atoms with Crippen LogP contribution in [0, 0.1) is 0 Å². The van der Waals surface area contributed by atoms with E-state index in [1.54, 1.807) is 50.6 Å². The van der Waals surface area contributed by atoms with E-state index >= 15 is 0 Å². The van der Waals surface area contributed by atoms with Crippen LogP contribution in [0.2, 0.25) is 0 Å². The molecule has 0 saturated carbocycles. The average molecular weight is 330 g/mol. The quantitative estimate of drug-likeness (QED) is 0.761. The number of hydrogen-bond donors (Lipinski definition) is 2. The van der Waals surface area contributed by atoms with E-state index in [0.29, 0.717) is 40.8 Å². The van der Waals surface area contributed by atoms with E-state index in [1.807, 2.05) is 6.92 Å². The maximum atomic E-state index is 12.4. The number of rotatable bonds is 7. The Morgan fingerprint density at radius 2 is 1.75 bits per heavy atom.